The summed E-state index contributed by atoms with van der Waals surface area (Å²) in [4.78, 5) is 11.9. The van der Waals surface area contributed by atoms with Gasteiger partial charge in [0, 0.05) is 14.2 Å². The molecule has 88 valence electrons. The third-order valence-corrected chi connectivity index (χ3v) is 2.96. The van der Waals surface area contributed by atoms with Crippen molar-refractivity contribution in [2.24, 2.45) is 0 Å². The summed E-state index contributed by atoms with van der Waals surface area (Å²) in [6.45, 7) is 0. The van der Waals surface area contributed by atoms with E-state index in [9.17, 15) is 4.79 Å². The molecule has 6 heteroatoms. The highest BCUT2D eigenvalue weighted by atomic mass is 16.5. The van der Waals surface area contributed by atoms with Gasteiger partial charge in [-0.1, -0.05) is 0 Å². The Morgan fingerprint density at radius 3 is 3.00 bits per heavy atom. The van der Waals surface area contributed by atoms with E-state index in [1.54, 1.807) is 14.2 Å². The number of carbonyl (C=O) groups excluding carboxylic acids is 1. The minimum Gasteiger partial charge on any atom is -0.379 e. The highest BCUT2D eigenvalue weighted by Gasteiger charge is 2.32. The number of aromatic amines is 1. The minimum atomic E-state index is -0.121. The average molecular weight is 224 g/mol. The molecule has 0 aromatic carbocycles. The minimum absolute atomic E-state index is 0.121. The van der Waals surface area contributed by atoms with Gasteiger partial charge in [-0.05, 0) is 12.8 Å². The first-order valence-electron chi connectivity index (χ1n) is 5.31. The first-order chi connectivity index (χ1) is 7.76. The number of hydrogen-bond donors (Lipinski definition) is 3. The Morgan fingerprint density at radius 1 is 1.62 bits per heavy atom. The number of carbonyl (C=O) groups is 1. The van der Waals surface area contributed by atoms with E-state index in [1.807, 2.05) is 0 Å². The predicted molar refractivity (Wildman–Crippen MR) is 59.4 cm³/mol. The van der Waals surface area contributed by atoms with E-state index in [1.165, 1.54) is 6.20 Å². The number of nitrogens with one attached hydrogen (secondary N) is 3. The van der Waals surface area contributed by atoms with E-state index in [0.717, 1.165) is 12.8 Å². The summed E-state index contributed by atoms with van der Waals surface area (Å²) >= 11 is 0. The van der Waals surface area contributed by atoms with Crippen molar-refractivity contribution in [1.82, 2.24) is 15.5 Å². The molecule has 1 unspecified atom stereocenters. The first-order valence-corrected chi connectivity index (χ1v) is 5.31. The smallest absolute Gasteiger partial charge is 0.256 e. The molecule has 1 aliphatic rings. The normalized spacial score (nSPS) is 23.6. The fourth-order valence-corrected chi connectivity index (χ4v) is 1.81. The lowest BCUT2D eigenvalue weighted by atomic mass is 9.89. The summed E-state index contributed by atoms with van der Waals surface area (Å²) in [5.41, 5.74) is 0.532. The Morgan fingerprint density at radius 2 is 2.44 bits per heavy atom. The van der Waals surface area contributed by atoms with Crippen molar-refractivity contribution >= 4 is 11.7 Å². The van der Waals surface area contributed by atoms with E-state index >= 15 is 0 Å². The highest BCUT2D eigenvalue weighted by Crippen LogP contribution is 2.23. The van der Waals surface area contributed by atoms with Gasteiger partial charge in [-0.3, -0.25) is 9.89 Å². The quantitative estimate of drug-likeness (QED) is 0.690. The van der Waals surface area contributed by atoms with E-state index in [-0.39, 0.29) is 18.1 Å². The van der Waals surface area contributed by atoms with Gasteiger partial charge in [0.2, 0.25) is 0 Å². The van der Waals surface area contributed by atoms with Gasteiger partial charge in [-0.15, -0.1) is 0 Å². The van der Waals surface area contributed by atoms with Crippen LogP contribution in [0.2, 0.25) is 0 Å². The maximum atomic E-state index is 11.9. The van der Waals surface area contributed by atoms with Gasteiger partial charge in [0.05, 0.1) is 18.3 Å². The number of aromatic nitrogens is 2. The lowest BCUT2D eigenvalue weighted by Gasteiger charge is -2.35. The molecule has 1 fully saturated rings. The van der Waals surface area contributed by atoms with E-state index in [2.05, 4.69) is 20.8 Å². The number of anilines is 1. The van der Waals surface area contributed by atoms with Crippen LogP contribution in [0.15, 0.2) is 6.20 Å². The monoisotopic (exact) mass is 224 g/mol. The molecule has 0 aliphatic heterocycles. The molecule has 1 amide bonds. The van der Waals surface area contributed by atoms with Crippen molar-refractivity contribution in [3.05, 3.63) is 11.8 Å². The zero-order chi connectivity index (χ0) is 11.5. The molecular formula is C10H16N4O2. The predicted octanol–water partition coefficient (Wildman–Crippen LogP) is 0.359. The third kappa shape index (κ3) is 1.88. The van der Waals surface area contributed by atoms with Crippen molar-refractivity contribution < 1.29 is 9.53 Å². The third-order valence-electron chi connectivity index (χ3n) is 2.96. The molecular weight excluding hydrogens is 208 g/mol. The number of ether oxygens (including phenoxy) is 1. The Kier molecular flexibility index (Phi) is 3.09. The van der Waals surface area contributed by atoms with Gasteiger partial charge < -0.3 is 15.4 Å². The van der Waals surface area contributed by atoms with Crippen LogP contribution in [0.5, 0.6) is 0 Å². The van der Waals surface area contributed by atoms with Crippen LogP contribution in [-0.4, -0.2) is 42.4 Å². The van der Waals surface area contributed by atoms with Gasteiger partial charge >= 0.3 is 0 Å². The molecule has 1 saturated carbocycles. The van der Waals surface area contributed by atoms with Crippen molar-refractivity contribution in [1.29, 1.82) is 0 Å². The maximum Gasteiger partial charge on any atom is 0.256 e. The molecule has 1 heterocycles. The molecule has 2 atom stereocenters. The Hall–Kier alpha value is -1.56. The second-order valence-electron chi connectivity index (χ2n) is 3.84. The van der Waals surface area contributed by atoms with Crippen LogP contribution in [0.1, 0.15) is 23.2 Å². The van der Waals surface area contributed by atoms with Crippen LogP contribution in [-0.2, 0) is 4.74 Å². The van der Waals surface area contributed by atoms with Crippen molar-refractivity contribution in [3.8, 4) is 0 Å². The lowest BCUT2D eigenvalue weighted by molar-refractivity contribution is 0.00731. The lowest BCUT2D eigenvalue weighted by Crippen LogP contribution is -2.51. The van der Waals surface area contributed by atoms with E-state index in [0.29, 0.717) is 11.4 Å². The van der Waals surface area contributed by atoms with E-state index < -0.39 is 0 Å². The van der Waals surface area contributed by atoms with Crippen LogP contribution in [0.3, 0.4) is 0 Å². The molecule has 0 radical (unpaired) electrons. The molecule has 6 nitrogen and oxygen atoms in total. The standard InChI is InChI=1S/C10H16N4O2/c1-11-9-6(5-12-14-9)10(15)13-7-3-4-8(7)16-2/h5,7-8H,3-4H2,1-2H3,(H,13,15)(H2,11,12,14)/t7?,8-/m0/s1. The largest absolute Gasteiger partial charge is 0.379 e. The van der Waals surface area contributed by atoms with Crippen molar-refractivity contribution in [2.45, 2.75) is 25.0 Å². The highest BCUT2D eigenvalue weighted by molar-refractivity contribution is 5.98. The maximum absolute atomic E-state index is 11.9. The molecule has 16 heavy (non-hydrogen) atoms. The van der Waals surface area contributed by atoms with Gasteiger partial charge in [0.15, 0.2) is 0 Å². The summed E-state index contributed by atoms with van der Waals surface area (Å²) in [5, 5.41) is 12.4. The van der Waals surface area contributed by atoms with Crippen molar-refractivity contribution in [2.75, 3.05) is 19.5 Å². The number of nitrogens with zero attached hydrogens (tertiary/aromatic N) is 1. The van der Waals surface area contributed by atoms with E-state index in [4.69, 9.17) is 4.74 Å². The molecule has 3 N–H and O–H groups in total. The molecule has 0 saturated heterocycles. The second-order valence-corrected chi connectivity index (χ2v) is 3.84. The summed E-state index contributed by atoms with van der Waals surface area (Å²) in [6.07, 6.45) is 3.64. The Balaban J connectivity index is 1.98. The molecule has 1 aliphatic carbocycles. The SMILES string of the molecule is CNc1[nH]ncc1C(=O)NC1CC[C@@H]1OC. The number of methoxy groups -OCH3 is 1. The Bertz CT molecular complexity index is 375. The topological polar surface area (TPSA) is 79.0 Å². The second kappa shape index (κ2) is 4.52. The molecule has 0 spiro atoms. The summed E-state index contributed by atoms with van der Waals surface area (Å²) in [6, 6.07) is 0.122. The fraction of sp³-hybridized carbons (Fsp3) is 0.600. The van der Waals surface area contributed by atoms with Crippen LogP contribution < -0.4 is 10.6 Å². The first kappa shape index (κ1) is 10.9. The molecule has 2 rings (SSSR count). The Labute approximate surface area is 93.8 Å². The average Bonchev–Trinajstić information content (AvgIpc) is 2.72. The number of amides is 1. The van der Waals surface area contributed by atoms with Crippen LogP contribution in [0.25, 0.3) is 0 Å². The van der Waals surface area contributed by atoms with Crippen LogP contribution in [0, 0.1) is 0 Å². The summed E-state index contributed by atoms with van der Waals surface area (Å²) in [7, 11) is 3.41. The number of hydrogen-bond acceptors (Lipinski definition) is 4. The van der Waals surface area contributed by atoms with Crippen LogP contribution >= 0.6 is 0 Å². The molecule has 0 bridgehead atoms. The van der Waals surface area contributed by atoms with Gasteiger partial charge in [-0.25, -0.2) is 0 Å². The summed E-state index contributed by atoms with van der Waals surface area (Å²) in [5.74, 6) is 0.510. The molecule has 1 aromatic heterocycles. The van der Waals surface area contributed by atoms with Crippen molar-refractivity contribution in [3.63, 3.8) is 0 Å². The zero-order valence-electron chi connectivity index (χ0n) is 9.41. The zero-order valence-corrected chi connectivity index (χ0v) is 9.41. The van der Waals surface area contributed by atoms with Crippen LogP contribution in [0.4, 0.5) is 5.82 Å². The number of rotatable bonds is 4. The van der Waals surface area contributed by atoms with Gasteiger partial charge in [-0.2, -0.15) is 5.10 Å². The number of H-pyrrole nitrogens is 1. The fourth-order valence-electron chi connectivity index (χ4n) is 1.81. The molecule has 1 aromatic rings. The summed E-state index contributed by atoms with van der Waals surface area (Å²) < 4.78 is 5.22. The van der Waals surface area contributed by atoms with Gasteiger partial charge in [0.1, 0.15) is 11.4 Å². The van der Waals surface area contributed by atoms with Gasteiger partial charge in [0.25, 0.3) is 5.91 Å².